The highest BCUT2D eigenvalue weighted by molar-refractivity contribution is 6.22. The van der Waals surface area contributed by atoms with Gasteiger partial charge in [-0.25, -0.2) is 0 Å². The number of hydrogen-bond donors (Lipinski definition) is 6. The van der Waals surface area contributed by atoms with Crippen molar-refractivity contribution in [2.45, 2.75) is 31.0 Å². The van der Waals surface area contributed by atoms with Gasteiger partial charge in [0.2, 0.25) is 5.78 Å². The smallest absolute Gasteiger partial charge is 0.255 e. The Balaban J connectivity index is 2.02. The van der Waals surface area contributed by atoms with Gasteiger partial charge in [-0.15, -0.1) is 0 Å². The van der Waals surface area contributed by atoms with E-state index in [0.717, 1.165) is 0 Å². The number of aromatic hydroxyl groups is 1. The Morgan fingerprint density at radius 3 is 2.48 bits per heavy atom. The average Bonchev–Trinajstić information content (AvgIpc) is 2.65. The van der Waals surface area contributed by atoms with Gasteiger partial charge in [-0.05, 0) is 17.5 Å². The van der Waals surface area contributed by atoms with Crippen LogP contribution in [0.3, 0.4) is 0 Å². The lowest BCUT2D eigenvalue weighted by Gasteiger charge is -2.50. The molecule has 5 atom stereocenters. The number of carbonyl (C=O) groups is 3. The van der Waals surface area contributed by atoms with E-state index in [9.17, 15) is 39.9 Å². The van der Waals surface area contributed by atoms with Crippen LogP contribution in [0.2, 0.25) is 0 Å². The second-order valence-corrected chi connectivity index (χ2v) is 7.73. The van der Waals surface area contributed by atoms with E-state index in [-0.39, 0.29) is 16.9 Å². The van der Waals surface area contributed by atoms with Crippen molar-refractivity contribution in [2.24, 2.45) is 17.6 Å². The molecule has 1 fully saturated rings. The minimum atomic E-state index is -2.81. The first-order chi connectivity index (χ1) is 13.5. The van der Waals surface area contributed by atoms with E-state index in [1.54, 1.807) is 19.1 Å². The number of hydrogen-bond acceptors (Lipinski definition) is 8. The number of aliphatic hydroxyl groups excluding tert-OH is 3. The van der Waals surface area contributed by atoms with E-state index in [0.29, 0.717) is 5.56 Å². The van der Waals surface area contributed by atoms with Crippen molar-refractivity contribution in [3.63, 3.8) is 0 Å². The number of fused-ring (bicyclic) bond motifs is 3. The molecule has 1 aromatic rings. The molecule has 2 unspecified atom stereocenters. The van der Waals surface area contributed by atoms with Crippen LogP contribution in [0.1, 0.15) is 30.4 Å². The van der Waals surface area contributed by atoms with Crippen LogP contribution in [0.5, 0.6) is 5.75 Å². The third-order valence-corrected chi connectivity index (χ3v) is 6.37. The summed E-state index contributed by atoms with van der Waals surface area (Å²) in [5.41, 5.74) is 1.48. The first-order valence-electron chi connectivity index (χ1n) is 9.00. The van der Waals surface area contributed by atoms with Gasteiger partial charge in [-0.2, -0.15) is 0 Å². The summed E-state index contributed by atoms with van der Waals surface area (Å²) in [4.78, 5) is 37.2. The van der Waals surface area contributed by atoms with E-state index in [1.165, 1.54) is 6.07 Å². The molecule has 0 aromatic heterocycles. The number of rotatable bonds is 1. The second kappa shape index (κ2) is 5.91. The first-order valence-corrected chi connectivity index (χ1v) is 9.00. The number of amides is 1. The topological polar surface area (TPSA) is 178 Å². The number of carbonyl (C=O) groups excluding carboxylic acids is 3. The van der Waals surface area contributed by atoms with Crippen LogP contribution in [-0.2, 0) is 14.4 Å². The zero-order chi connectivity index (χ0) is 21.4. The van der Waals surface area contributed by atoms with Gasteiger partial charge in [0.05, 0.1) is 11.7 Å². The van der Waals surface area contributed by atoms with Gasteiger partial charge in [0.25, 0.3) is 5.91 Å². The molecule has 152 valence electrons. The van der Waals surface area contributed by atoms with Crippen LogP contribution < -0.4 is 5.73 Å². The van der Waals surface area contributed by atoms with Gasteiger partial charge in [-0.1, -0.05) is 19.1 Å². The number of aliphatic hydroxyl groups is 4. The fourth-order valence-corrected chi connectivity index (χ4v) is 4.96. The van der Waals surface area contributed by atoms with E-state index in [2.05, 4.69) is 0 Å². The van der Waals surface area contributed by atoms with E-state index >= 15 is 0 Å². The number of primary amides is 1. The molecule has 9 nitrogen and oxygen atoms in total. The third-order valence-electron chi connectivity index (χ3n) is 6.37. The molecule has 3 aliphatic rings. The van der Waals surface area contributed by atoms with Crippen LogP contribution in [0.25, 0.3) is 5.76 Å². The molecule has 0 spiro atoms. The Kier molecular flexibility index (Phi) is 3.91. The predicted octanol–water partition coefficient (Wildman–Crippen LogP) is -0.0443. The summed E-state index contributed by atoms with van der Waals surface area (Å²) >= 11 is 0. The van der Waals surface area contributed by atoms with Crippen LogP contribution >= 0.6 is 0 Å². The quantitative estimate of drug-likeness (QED) is 0.355. The SMILES string of the molecule is CC1c2cccc(O)c2C(O)=C2C(=O)[C@]3(O)C(O)=C(C(N)=O)C(=O)C[C@@H]3C(O)[C@@H]21. The average molecular weight is 401 g/mol. The van der Waals surface area contributed by atoms with Gasteiger partial charge < -0.3 is 31.3 Å². The summed E-state index contributed by atoms with van der Waals surface area (Å²) < 4.78 is 0. The maximum Gasteiger partial charge on any atom is 0.255 e. The molecule has 0 aliphatic heterocycles. The zero-order valence-electron chi connectivity index (χ0n) is 15.3. The summed E-state index contributed by atoms with van der Waals surface area (Å²) in [5.74, 6) is -8.54. The van der Waals surface area contributed by atoms with Crippen molar-refractivity contribution in [3.05, 3.63) is 46.2 Å². The third kappa shape index (κ3) is 2.19. The largest absolute Gasteiger partial charge is 0.508 e. The molecular formula is C20H19NO8. The fourth-order valence-electron chi connectivity index (χ4n) is 4.96. The minimum Gasteiger partial charge on any atom is -0.508 e. The fraction of sp³-hybridized carbons (Fsp3) is 0.350. The van der Waals surface area contributed by atoms with Crippen molar-refractivity contribution in [3.8, 4) is 5.75 Å². The van der Waals surface area contributed by atoms with Gasteiger partial charge in [0.1, 0.15) is 22.8 Å². The number of benzene rings is 1. The van der Waals surface area contributed by atoms with Crippen molar-refractivity contribution >= 4 is 23.2 Å². The molecule has 0 bridgehead atoms. The van der Waals surface area contributed by atoms with Crippen molar-refractivity contribution in [1.29, 1.82) is 0 Å². The molecule has 0 radical (unpaired) electrons. The van der Waals surface area contributed by atoms with Gasteiger partial charge >= 0.3 is 0 Å². The molecular weight excluding hydrogens is 382 g/mol. The van der Waals surface area contributed by atoms with Gasteiger partial charge in [0.15, 0.2) is 11.4 Å². The molecule has 7 N–H and O–H groups in total. The number of ketones is 2. The van der Waals surface area contributed by atoms with Crippen LogP contribution in [0, 0.1) is 11.8 Å². The number of nitrogens with two attached hydrogens (primary N) is 1. The molecule has 1 amide bonds. The standard InChI is InChI=1S/C20H19NO8/c1-6-7-3-2-4-9(22)12(7)16(25)14-11(6)15(24)8-5-10(23)13(19(21)28)17(26)20(8,29)18(14)27/h2-4,6,8,11,15,22,24-26,29H,5H2,1H3,(H2,21,28)/t6?,8-,11-,15?,20-/m1/s1. The number of phenolic OH excluding ortho intramolecular Hbond substituents is 1. The normalized spacial score (nSPS) is 33.9. The maximum atomic E-state index is 13.3. The highest BCUT2D eigenvalue weighted by Gasteiger charge is 2.64. The van der Waals surface area contributed by atoms with Crippen LogP contribution in [0.15, 0.2) is 35.1 Å². The summed E-state index contributed by atoms with van der Waals surface area (Å²) in [5, 5.41) is 53.6. The van der Waals surface area contributed by atoms with E-state index in [1.807, 2.05) is 0 Å². The first kappa shape index (κ1) is 19.2. The lowest BCUT2D eigenvalue weighted by Crippen LogP contribution is -2.63. The van der Waals surface area contributed by atoms with E-state index in [4.69, 9.17) is 5.73 Å². The molecule has 9 heteroatoms. The highest BCUT2D eigenvalue weighted by atomic mass is 16.4. The summed E-state index contributed by atoms with van der Waals surface area (Å²) in [7, 11) is 0. The minimum absolute atomic E-state index is 0.0145. The second-order valence-electron chi connectivity index (χ2n) is 7.73. The molecule has 1 saturated carbocycles. The monoisotopic (exact) mass is 401 g/mol. The lowest BCUT2D eigenvalue weighted by atomic mass is 9.55. The molecule has 29 heavy (non-hydrogen) atoms. The maximum absolute atomic E-state index is 13.3. The molecule has 1 aromatic carbocycles. The Morgan fingerprint density at radius 2 is 1.86 bits per heavy atom. The van der Waals surface area contributed by atoms with Crippen molar-refractivity contribution in [1.82, 2.24) is 0 Å². The summed E-state index contributed by atoms with van der Waals surface area (Å²) in [6.45, 7) is 1.67. The van der Waals surface area contributed by atoms with Gasteiger partial charge in [-0.3, -0.25) is 14.4 Å². The Hall–Kier alpha value is -3.17. The Labute approximate surface area is 164 Å². The van der Waals surface area contributed by atoms with Crippen molar-refractivity contribution < 1.29 is 39.9 Å². The summed E-state index contributed by atoms with van der Waals surface area (Å²) in [6, 6.07) is 4.49. The number of phenols is 1. The van der Waals surface area contributed by atoms with Crippen LogP contribution in [-0.4, -0.2) is 54.7 Å². The van der Waals surface area contributed by atoms with E-state index < -0.39 is 70.4 Å². The summed E-state index contributed by atoms with van der Waals surface area (Å²) in [6.07, 6.45) is -2.10. The molecule has 0 heterocycles. The van der Waals surface area contributed by atoms with Crippen LogP contribution in [0.4, 0.5) is 0 Å². The van der Waals surface area contributed by atoms with Crippen molar-refractivity contribution in [2.75, 3.05) is 0 Å². The molecule has 3 aliphatic carbocycles. The lowest BCUT2D eigenvalue weighted by molar-refractivity contribution is -0.160. The molecule has 4 rings (SSSR count). The Bertz CT molecular complexity index is 1050. The Morgan fingerprint density at radius 1 is 1.21 bits per heavy atom. The highest BCUT2D eigenvalue weighted by Crippen LogP contribution is 2.55. The van der Waals surface area contributed by atoms with Gasteiger partial charge in [0, 0.05) is 23.8 Å². The zero-order valence-corrected chi connectivity index (χ0v) is 15.3. The predicted molar refractivity (Wildman–Crippen MR) is 97.5 cm³/mol. The molecule has 0 saturated heterocycles. The number of Topliss-reactive ketones (excluding diaryl/α,β-unsaturated/α-hetero) is 2.